The molecule has 0 radical (unpaired) electrons. The minimum absolute atomic E-state index is 0.243. The lowest BCUT2D eigenvalue weighted by Crippen LogP contribution is -1.96. The van der Waals surface area contributed by atoms with Crippen molar-refractivity contribution in [2.45, 2.75) is 25.2 Å². The van der Waals surface area contributed by atoms with Crippen LogP contribution in [0.2, 0.25) is 0 Å². The Labute approximate surface area is 84.5 Å². The van der Waals surface area contributed by atoms with Gasteiger partial charge in [0.15, 0.2) is 0 Å². The van der Waals surface area contributed by atoms with Gasteiger partial charge in [0.2, 0.25) is 0 Å². The van der Waals surface area contributed by atoms with Crippen molar-refractivity contribution in [1.82, 2.24) is 0 Å². The van der Waals surface area contributed by atoms with Gasteiger partial charge in [0, 0.05) is 6.21 Å². The lowest BCUT2D eigenvalue weighted by atomic mass is 10.2. The van der Waals surface area contributed by atoms with E-state index in [1.165, 1.54) is 6.21 Å². The molecule has 0 unspecified atom stereocenters. The number of benzene rings is 1. The molecule has 1 aromatic rings. The van der Waals surface area contributed by atoms with Crippen LogP contribution < -0.4 is 0 Å². The van der Waals surface area contributed by atoms with E-state index in [4.69, 9.17) is 0 Å². The zero-order valence-electron chi connectivity index (χ0n) is 8.27. The van der Waals surface area contributed by atoms with Crippen LogP contribution in [-0.4, -0.2) is 14.6 Å². The topological polar surface area (TPSA) is 46.5 Å². The fourth-order valence-electron chi connectivity index (χ4n) is 0.944. The van der Waals surface area contributed by atoms with E-state index in [9.17, 15) is 8.42 Å². The molecule has 0 atom stereocenters. The Kier molecular flexibility index (Phi) is 3.41. The predicted octanol–water partition coefficient (Wildman–Crippen LogP) is 2.16. The van der Waals surface area contributed by atoms with Crippen LogP contribution in [0.5, 0.6) is 0 Å². The van der Waals surface area contributed by atoms with Crippen LogP contribution in [0.1, 0.15) is 18.9 Å². The molecule has 0 amide bonds. The van der Waals surface area contributed by atoms with Gasteiger partial charge in [-0.2, -0.15) is 12.8 Å². The van der Waals surface area contributed by atoms with E-state index in [2.05, 4.69) is 4.40 Å². The first-order valence-electron chi connectivity index (χ1n) is 4.41. The van der Waals surface area contributed by atoms with Crippen molar-refractivity contribution in [2.24, 2.45) is 4.40 Å². The monoisotopic (exact) mass is 211 g/mol. The van der Waals surface area contributed by atoms with E-state index >= 15 is 0 Å². The lowest BCUT2D eigenvalue weighted by molar-refractivity contribution is 0.598. The maximum absolute atomic E-state index is 11.5. The molecule has 14 heavy (non-hydrogen) atoms. The molecule has 0 aromatic heterocycles. The van der Waals surface area contributed by atoms with Crippen molar-refractivity contribution in [3.05, 3.63) is 29.8 Å². The number of aryl methyl sites for hydroxylation is 1. The summed E-state index contributed by atoms with van der Waals surface area (Å²) in [7, 11) is -3.47. The molecule has 0 heterocycles. The fraction of sp³-hybridized carbons (Fsp3) is 0.300. The average molecular weight is 211 g/mol. The molecule has 4 heteroatoms. The Morgan fingerprint density at radius 3 is 2.36 bits per heavy atom. The average Bonchev–Trinajstić information content (AvgIpc) is 2.16. The summed E-state index contributed by atoms with van der Waals surface area (Å²) in [6.07, 6.45) is 2.01. The van der Waals surface area contributed by atoms with Crippen molar-refractivity contribution in [3.63, 3.8) is 0 Å². The first kappa shape index (κ1) is 10.9. The highest BCUT2D eigenvalue weighted by molar-refractivity contribution is 7.90. The van der Waals surface area contributed by atoms with Crippen LogP contribution in [0.4, 0.5) is 0 Å². The molecule has 3 nitrogen and oxygen atoms in total. The van der Waals surface area contributed by atoms with Gasteiger partial charge in [-0.05, 0) is 25.5 Å². The highest BCUT2D eigenvalue weighted by Crippen LogP contribution is 2.12. The van der Waals surface area contributed by atoms with Crippen LogP contribution in [0.3, 0.4) is 0 Å². The highest BCUT2D eigenvalue weighted by Gasteiger charge is 2.09. The van der Waals surface area contributed by atoms with Crippen molar-refractivity contribution >= 4 is 16.2 Å². The van der Waals surface area contributed by atoms with E-state index in [0.717, 1.165) is 5.56 Å². The second kappa shape index (κ2) is 4.37. The zero-order chi connectivity index (χ0) is 10.6. The smallest absolute Gasteiger partial charge is 0.199 e. The zero-order valence-corrected chi connectivity index (χ0v) is 9.08. The summed E-state index contributed by atoms with van der Waals surface area (Å²) in [6, 6.07) is 6.65. The Hall–Kier alpha value is -1.16. The molecule has 1 rings (SSSR count). The second-order valence-electron chi connectivity index (χ2n) is 2.98. The van der Waals surface area contributed by atoms with Crippen molar-refractivity contribution in [2.75, 3.05) is 0 Å². The van der Waals surface area contributed by atoms with E-state index in [1.807, 2.05) is 13.8 Å². The molecule has 76 valence electrons. The SMILES string of the molecule is CCC=NS(=O)(=O)c1ccc(C)cc1. The van der Waals surface area contributed by atoms with E-state index in [-0.39, 0.29) is 4.90 Å². The number of rotatable bonds is 3. The van der Waals surface area contributed by atoms with E-state index in [0.29, 0.717) is 6.42 Å². The first-order chi connectivity index (χ1) is 6.56. The molecule has 0 N–H and O–H groups in total. The normalized spacial score (nSPS) is 12.1. The van der Waals surface area contributed by atoms with Crippen LogP contribution in [0.25, 0.3) is 0 Å². The largest absolute Gasteiger partial charge is 0.281 e. The molecule has 0 aliphatic heterocycles. The van der Waals surface area contributed by atoms with E-state index in [1.54, 1.807) is 24.3 Å². The Morgan fingerprint density at radius 2 is 1.86 bits per heavy atom. The third-order valence-electron chi connectivity index (χ3n) is 1.71. The minimum Gasteiger partial charge on any atom is -0.199 e. The van der Waals surface area contributed by atoms with Crippen LogP contribution in [0.15, 0.2) is 33.6 Å². The van der Waals surface area contributed by atoms with Gasteiger partial charge in [-0.15, -0.1) is 0 Å². The summed E-state index contributed by atoms with van der Waals surface area (Å²) in [4.78, 5) is 0.243. The van der Waals surface area contributed by atoms with Crippen LogP contribution in [-0.2, 0) is 10.0 Å². The van der Waals surface area contributed by atoms with Gasteiger partial charge in [0.25, 0.3) is 10.0 Å². The Bertz CT molecular complexity index is 418. The summed E-state index contributed by atoms with van der Waals surface area (Å²) < 4.78 is 26.5. The van der Waals surface area contributed by atoms with Gasteiger partial charge < -0.3 is 0 Å². The fourth-order valence-corrected chi connectivity index (χ4v) is 1.89. The minimum atomic E-state index is -3.47. The molecule has 0 spiro atoms. The summed E-state index contributed by atoms with van der Waals surface area (Å²) >= 11 is 0. The molecule has 0 saturated carbocycles. The predicted molar refractivity (Wildman–Crippen MR) is 57.1 cm³/mol. The van der Waals surface area contributed by atoms with Gasteiger partial charge in [-0.3, -0.25) is 0 Å². The van der Waals surface area contributed by atoms with Crippen molar-refractivity contribution in [1.29, 1.82) is 0 Å². The Morgan fingerprint density at radius 1 is 1.29 bits per heavy atom. The van der Waals surface area contributed by atoms with Gasteiger partial charge in [0.05, 0.1) is 4.90 Å². The van der Waals surface area contributed by atoms with E-state index < -0.39 is 10.0 Å². The van der Waals surface area contributed by atoms with Crippen molar-refractivity contribution < 1.29 is 8.42 Å². The number of hydrogen-bond acceptors (Lipinski definition) is 2. The highest BCUT2D eigenvalue weighted by atomic mass is 32.2. The quantitative estimate of drug-likeness (QED) is 0.719. The number of hydrogen-bond donors (Lipinski definition) is 0. The number of nitrogens with zero attached hydrogens (tertiary/aromatic N) is 1. The van der Waals surface area contributed by atoms with Crippen molar-refractivity contribution in [3.8, 4) is 0 Å². The van der Waals surface area contributed by atoms with Gasteiger partial charge >= 0.3 is 0 Å². The Balaban J connectivity index is 3.05. The lowest BCUT2D eigenvalue weighted by Gasteiger charge is -1.98. The summed E-state index contributed by atoms with van der Waals surface area (Å²) in [5.41, 5.74) is 1.03. The number of sulfonamides is 1. The van der Waals surface area contributed by atoms with Gasteiger partial charge in [0.1, 0.15) is 0 Å². The summed E-state index contributed by atoms with van der Waals surface area (Å²) in [5.74, 6) is 0. The third-order valence-corrected chi connectivity index (χ3v) is 3.01. The molecular formula is C10H13NO2S. The molecule has 1 aromatic carbocycles. The molecule has 0 aliphatic rings. The summed E-state index contributed by atoms with van der Waals surface area (Å²) in [5, 5.41) is 0. The molecule has 0 fully saturated rings. The third kappa shape index (κ3) is 2.67. The standard InChI is InChI=1S/C10H13NO2S/c1-3-8-11-14(12,13)10-6-4-9(2)5-7-10/h4-8H,3H2,1-2H3. The molecule has 0 aliphatic carbocycles. The maximum Gasteiger partial charge on any atom is 0.281 e. The van der Waals surface area contributed by atoms with Crippen LogP contribution in [0, 0.1) is 6.92 Å². The maximum atomic E-state index is 11.5. The van der Waals surface area contributed by atoms with Gasteiger partial charge in [-0.1, -0.05) is 24.6 Å². The second-order valence-corrected chi connectivity index (χ2v) is 4.62. The van der Waals surface area contributed by atoms with Gasteiger partial charge in [-0.25, -0.2) is 0 Å². The molecular weight excluding hydrogens is 198 g/mol. The first-order valence-corrected chi connectivity index (χ1v) is 5.86. The van der Waals surface area contributed by atoms with Crippen LogP contribution >= 0.6 is 0 Å². The summed E-state index contributed by atoms with van der Waals surface area (Å²) in [6.45, 7) is 3.75. The molecule has 0 saturated heterocycles. The molecule has 0 bridgehead atoms.